The normalized spacial score (nSPS) is 12.7. The van der Waals surface area contributed by atoms with Crippen molar-refractivity contribution in [1.29, 1.82) is 0 Å². The maximum atomic E-state index is 11.6. The van der Waals surface area contributed by atoms with Crippen molar-refractivity contribution in [2.24, 2.45) is 7.05 Å². The maximum absolute atomic E-state index is 11.6. The lowest BCUT2D eigenvalue weighted by molar-refractivity contribution is -0.116. The van der Waals surface area contributed by atoms with Gasteiger partial charge in [-0.05, 0) is 18.4 Å². The molecule has 1 atom stereocenters. The molecule has 0 aliphatic heterocycles. The zero-order chi connectivity index (χ0) is 12.0. The molecule has 0 saturated carbocycles. The van der Waals surface area contributed by atoms with Gasteiger partial charge in [0.1, 0.15) is 5.78 Å². The Labute approximate surface area is 102 Å². The second kappa shape index (κ2) is 6.74. The molecule has 0 fully saturated rings. The molecular formula is C12H20N2OS. The molecule has 0 amide bonds. The van der Waals surface area contributed by atoms with Gasteiger partial charge in [-0.1, -0.05) is 13.8 Å². The van der Waals surface area contributed by atoms with Crippen LogP contribution >= 0.6 is 11.8 Å². The maximum Gasteiger partial charge on any atom is 0.143 e. The van der Waals surface area contributed by atoms with E-state index in [1.165, 1.54) is 0 Å². The Balaban J connectivity index is 2.20. The number of thioether (sulfide) groups is 1. The summed E-state index contributed by atoms with van der Waals surface area (Å²) < 4.78 is 1.77. The van der Waals surface area contributed by atoms with Crippen molar-refractivity contribution in [3.63, 3.8) is 0 Å². The molecule has 1 heterocycles. The average molecular weight is 240 g/mol. The fraction of sp³-hybridized carbons (Fsp3) is 0.667. The molecule has 0 spiro atoms. The summed E-state index contributed by atoms with van der Waals surface area (Å²) >= 11 is 1.75. The second-order valence-electron chi connectivity index (χ2n) is 4.09. The van der Waals surface area contributed by atoms with E-state index in [1.807, 2.05) is 19.4 Å². The lowest BCUT2D eigenvalue weighted by Crippen LogP contribution is -2.06. The van der Waals surface area contributed by atoms with Crippen LogP contribution in [0.3, 0.4) is 0 Å². The Morgan fingerprint density at radius 2 is 2.38 bits per heavy atom. The summed E-state index contributed by atoms with van der Waals surface area (Å²) in [6.45, 7) is 4.32. The number of rotatable bonds is 7. The number of hydrogen-bond acceptors (Lipinski definition) is 3. The molecule has 0 aliphatic carbocycles. The van der Waals surface area contributed by atoms with E-state index in [0.29, 0.717) is 23.2 Å². The number of carbonyl (C=O) groups excluding carboxylic acids is 1. The van der Waals surface area contributed by atoms with Gasteiger partial charge in [0.2, 0.25) is 0 Å². The Bertz CT molecular complexity index is 336. The first-order valence-electron chi connectivity index (χ1n) is 5.72. The van der Waals surface area contributed by atoms with E-state index in [2.05, 4.69) is 18.9 Å². The van der Waals surface area contributed by atoms with E-state index >= 15 is 0 Å². The van der Waals surface area contributed by atoms with E-state index < -0.39 is 0 Å². The van der Waals surface area contributed by atoms with Crippen molar-refractivity contribution in [1.82, 2.24) is 9.78 Å². The van der Waals surface area contributed by atoms with Gasteiger partial charge in [-0.2, -0.15) is 16.9 Å². The molecule has 90 valence electrons. The number of nitrogens with zero attached hydrogens (tertiary/aromatic N) is 2. The monoisotopic (exact) mass is 240 g/mol. The molecule has 3 nitrogen and oxygen atoms in total. The zero-order valence-corrected chi connectivity index (χ0v) is 11.1. The highest BCUT2D eigenvalue weighted by atomic mass is 32.2. The number of hydrogen-bond donors (Lipinski definition) is 0. The van der Waals surface area contributed by atoms with Crippen molar-refractivity contribution < 1.29 is 4.79 Å². The highest BCUT2D eigenvalue weighted by Crippen LogP contribution is 2.14. The van der Waals surface area contributed by atoms with Gasteiger partial charge in [-0.3, -0.25) is 9.48 Å². The van der Waals surface area contributed by atoms with Crippen LogP contribution in [0.15, 0.2) is 12.4 Å². The molecule has 1 rings (SSSR count). The van der Waals surface area contributed by atoms with Gasteiger partial charge in [0.25, 0.3) is 0 Å². The van der Waals surface area contributed by atoms with Crippen molar-refractivity contribution in [2.75, 3.05) is 5.75 Å². The van der Waals surface area contributed by atoms with E-state index in [0.717, 1.165) is 18.4 Å². The first-order chi connectivity index (χ1) is 7.61. The molecule has 16 heavy (non-hydrogen) atoms. The van der Waals surface area contributed by atoms with Gasteiger partial charge in [0.05, 0.1) is 11.9 Å². The van der Waals surface area contributed by atoms with E-state index in [9.17, 15) is 4.79 Å². The SMILES string of the molecule is CCC(C)SCC(=O)CCc1cnn(C)c1. The fourth-order valence-electron chi connectivity index (χ4n) is 1.31. The fourth-order valence-corrected chi connectivity index (χ4v) is 2.16. The Morgan fingerprint density at radius 3 is 2.94 bits per heavy atom. The van der Waals surface area contributed by atoms with Gasteiger partial charge in [0, 0.05) is 24.9 Å². The summed E-state index contributed by atoms with van der Waals surface area (Å²) in [5, 5.41) is 4.67. The molecule has 0 N–H and O–H groups in total. The van der Waals surface area contributed by atoms with Crippen molar-refractivity contribution in [3.8, 4) is 0 Å². The molecule has 0 aromatic carbocycles. The van der Waals surface area contributed by atoms with Crippen LogP contribution in [0, 0.1) is 0 Å². The number of aryl methyl sites for hydroxylation is 2. The number of Topliss-reactive ketones (excluding diaryl/α,β-unsaturated/α-hetero) is 1. The van der Waals surface area contributed by atoms with Gasteiger partial charge in [-0.25, -0.2) is 0 Å². The largest absolute Gasteiger partial charge is 0.299 e. The second-order valence-corrected chi connectivity index (χ2v) is 5.52. The van der Waals surface area contributed by atoms with E-state index in [1.54, 1.807) is 16.4 Å². The Morgan fingerprint density at radius 1 is 1.62 bits per heavy atom. The lowest BCUT2D eigenvalue weighted by Gasteiger charge is -2.06. The van der Waals surface area contributed by atoms with Crippen LogP contribution in [-0.4, -0.2) is 26.6 Å². The molecule has 0 aliphatic rings. The van der Waals surface area contributed by atoms with Crippen molar-refractivity contribution in [3.05, 3.63) is 18.0 Å². The third-order valence-electron chi connectivity index (χ3n) is 2.55. The van der Waals surface area contributed by atoms with Gasteiger partial charge >= 0.3 is 0 Å². The summed E-state index contributed by atoms with van der Waals surface area (Å²) in [6.07, 6.45) is 6.37. The topological polar surface area (TPSA) is 34.9 Å². The highest BCUT2D eigenvalue weighted by Gasteiger charge is 2.06. The first-order valence-corrected chi connectivity index (χ1v) is 6.77. The van der Waals surface area contributed by atoms with Crippen LogP contribution in [0.1, 0.15) is 32.3 Å². The average Bonchev–Trinajstić information content (AvgIpc) is 2.69. The molecule has 0 saturated heterocycles. The molecule has 1 unspecified atom stereocenters. The predicted octanol–water partition coefficient (Wildman–Crippen LogP) is 2.45. The predicted molar refractivity (Wildman–Crippen MR) is 68.7 cm³/mol. The van der Waals surface area contributed by atoms with E-state index in [-0.39, 0.29) is 0 Å². The Hall–Kier alpha value is -0.770. The molecule has 0 radical (unpaired) electrons. The molecule has 1 aromatic rings. The number of carbonyl (C=O) groups is 1. The standard InChI is InChI=1S/C12H20N2OS/c1-4-10(2)16-9-12(15)6-5-11-7-13-14(3)8-11/h7-8,10H,4-6,9H2,1-3H3. The summed E-state index contributed by atoms with van der Waals surface area (Å²) in [6, 6.07) is 0. The summed E-state index contributed by atoms with van der Waals surface area (Å²) in [5.41, 5.74) is 1.14. The minimum atomic E-state index is 0.342. The first kappa shape index (κ1) is 13.3. The minimum absolute atomic E-state index is 0.342. The minimum Gasteiger partial charge on any atom is -0.299 e. The highest BCUT2D eigenvalue weighted by molar-refractivity contribution is 8.00. The van der Waals surface area contributed by atoms with Gasteiger partial charge in [0.15, 0.2) is 0 Å². The van der Waals surface area contributed by atoms with Crippen molar-refractivity contribution >= 4 is 17.5 Å². The molecule has 4 heteroatoms. The zero-order valence-electron chi connectivity index (χ0n) is 10.3. The van der Waals surface area contributed by atoms with Crippen LogP contribution in [0.2, 0.25) is 0 Å². The smallest absolute Gasteiger partial charge is 0.143 e. The Kier molecular flexibility index (Phi) is 5.60. The molecule has 0 bridgehead atoms. The quantitative estimate of drug-likeness (QED) is 0.734. The third-order valence-corrected chi connectivity index (χ3v) is 3.95. The van der Waals surface area contributed by atoms with Crippen LogP contribution in [0.25, 0.3) is 0 Å². The van der Waals surface area contributed by atoms with Crippen molar-refractivity contribution in [2.45, 2.75) is 38.4 Å². The third kappa shape index (κ3) is 4.84. The van der Waals surface area contributed by atoms with Gasteiger partial charge < -0.3 is 0 Å². The summed E-state index contributed by atoms with van der Waals surface area (Å²) in [7, 11) is 1.89. The van der Waals surface area contributed by atoms with Gasteiger partial charge in [-0.15, -0.1) is 0 Å². The molecular weight excluding hydrogens is 220 g/mol. The van der Waals surface area contributed by atoms with Crippen LogP contribution in [0.5, 0.6) is 0 Å². The van der Waals surface area contributed by atoms with Crippen LogP contribution in [-0.2, 0) is 18.3 Å². The number of ketones is 1. The van der Waals surface area contributed by atoms with E-state index in [4.69, 9.17) is 0 Å². The summed E-state index contributed by atoms with van der Waals surface area (Å²) in [4.78, 5) is 11.6. The lowest BCUT2D eigenvalue weighted by atomic mass is 10.1. The van der Waals surface area contributed by atoms with Crippen LogP contribution < -0.4 is 0 Å². The molecule has 1 aromatic heterocycles. The van der Waals surface area contributed by atoms with Crippen LogP contribution in [0.4, 0.5) is 0 Å². The number of aromatic nitrogens is 2. The summed E-state index contributed by atoms with van der Waals surface area (Å²) in [5.74, 6) is 0.990.